The summed E-state index contributed by atoms with van der Waals surface area (Å²) in [4.78, 5) is 24.7. The third-order valence-electron chi connectivity index (χ3n) is 2.86. The number of aliphatic hydroxyl groups excluding tert-OH is 1. The summed E-state index contributed by atoms with van der Waals surface area (Å²) in [7, 11) is 0. The van der Waals surface area contributed by atoms with Gasteiger partial charge in [-0.1, -0.05) is 20.8 Å². The zero-order valence-electron chi connectivity index (χ0n) is 12.1. The van der Waals surface area contributed by atoms with Gasteiger partial charge in [0.25, 0.3) is 0 Å². The zero-order chi connectivity index (χ0) is 14.8. The minimum absolute atomic E-state index is 0.0561. The number of rotatable bonds is 10. The second-order valence-electron chi connectivity index (χ2n) is 5.00. The lowest BCUT2D eigenvalue weighted by Gasteiger charge is -2.20. The van der Waals surface area contributed by atoms with Gasteiger partial charge in [0.1, 0.15) is 6.04 Å². The van der Waals surface area contributed by atoms with E-state index in [1.807, 2.05) is 25.7 Å². The average molecular weight is 274 g/mol. The Balaban J connectivity index is 4.15. The first-order valence-electron chi connectivity index (χ1n) is 6.76. The highest BCUT2D eigenvalue weighted by molar-refractivity contribution is 5.83. The molecule has 0 heterocycles. The maximum Gasteiger partial charge on any atom is 0.326 e. The first-order valence-corrected chi connectivity index (χ1v) is 6.76. The predicted molar refractivity (Wildman–Crippen MR) is 72.8 cm³/mol. The number of carboxylic acids is 1. The Hall–Kier alpha value is -1.14. The average Bonchev–Trinajstić information content (AvgIpc) is 2.32. The van der Waals surface area contributed by atoms with Crippen LogP contribution in [0.25, 0.3) is 0 Å². The van der Waals surface area contributed by atoms with Gasteiger partial charge in [0, 0.05) is 19.5 Å². The molecule has 1 amide bonds. The highest BCUT2D eigenvalue weighted by Crippen LogP contribution is 2.05. The van der Waals surface area contributed by atoms with E-state index in [-0.39, 0.29) is 24.9 Å². The molecule has 0 aromatic rings. The molecule has 0 saturated heterocycles. The molecule has 0 aliphatic carbocycles. The second kappa shape index (κ2) is 9.75. The molecule has 0 saturated carbocycles. The van der Waals surface area contributed by atoms with E-state index in [2.05, 4.69) is 5.32 Å². The van der Waals surface area contributed by atoms with E-state index in [1.54, 1.807) is 0 Å². The van der Waals surface area contributed by atoms with Gasteiger partial charge in [-0.25, -0.2) is 4.79 Å². The lowest BCUT2D eigenvalue weighted by Crippen LogP contribution is -2.42. The van der Waals surface area contributed by atoms with E-state index in [9.17, 15) is 9.59 Å². The largest absolute Gasteiger partial charge is 0.480 e. The summed E-state index contributed by atoms with van der Waals surface area (Å²) in [6.45, 7) is 7.65. The van der Waals surface area contributed by atoms with E-state index in [4.69, 9.17) is 10.2 Å². The summed E-state index contributed by atoms with van der Waals surface area (Å²) in [5.41, 5.74) is 0. The van der Waals surface area contributed by atoms with Crippen molar-refractivity contribution >= 4 is 11.9 Å². The fourth-order valence-electron chi connectivity index (χ4n) is 1.79. The number of nitrogens with zero attached hydrogens (tertiary/aromatic N) is 1. The molecule has 0 fully saturated rings. The van der Waals surface area contributed by atoms with E-state index in [1.165, 1.54) is 0 Å². The Bertz CT molecular complexity index is 282. The summed E-state index contributed by atoms with van der Waals surface area (Å²) >= 11 is 0. The van der Waals surface area contributed by atoms with Gasteiger partial charge in [-0.15, -0.1) is 0 Å². The van der Waals surface area contributed by atoms with Gasteiger partial charge in [0.15, 0.2) is 0 Å². The van der Waals surface area contributed by atoms with E-state index in [0.717, 1.165) is 6.54 Å². The monoisotopic (exact) mass is 274 g/mol. The van der Waals surface area contributed by atoms with Gasteiger partial charge in [-0.05, 0) is 18.9 Å². The van der Waals surface area contributed by atoms with Crippen LogP contribution in [0.3, 0.4) is 0 Å². The van der Waals surface area contributed by atoms with Crippen LogP contribution in [0, 0.1) is 5.92 Å². The Morgan fingerprint density at radius 1 is 1.26 bits per heavy atom. The minimum atomic E-state index is -0.996. The third-order valence-corrected chi connectivity index (χ3v) is 2.86. The maximum absolute atomic E-state index is 11.7. The molecule has 6 nitrogen and oxygen atoms in total. The van der Waals surface area contributed by atoms with Gasteiger partial charge in [0.2, 0.25) is 5.91 Å². The molecular formula is C13H26N2O4. The van der Waals surface area contributed by atoms with Crippen molar-refractivity contribution in [1.82, 2.24) is 10.2 Å². The fraction of sp³-hybridized carbons (Fsp3) is 0.846. The highest BCUT2D eigenvalue weighted by Gasteiger charge is 2.20. The van der Waals surface area contributed by atoms with Crippen molar-refractivity contribution < 1.29 is 19.8 Å². The van der Waals surface area contributed by atoms with Crippen LogP contribution in [0.1, 0.15) is 33.6 Å². The van der Waals surface area contributed by atoms with E-state index in [0.29, 0.717) is 19.5 Å². The molecule has 19 heavy (non-hydrogen) atoms. The van der Waals surface area contributed by atoms with Crippen molar-refractivity contribution in [2.24, 2.45) is 5.92 Å². The summed E-state index contributed by atoms with van der Waals surface area (Å²) in [5, 5.41) is 20.4. The van der Waals surface area contributed by atoms with Crippen LogP contribution in [0.4, 0.5) is 0 Å². The lowest BCUT2D eigenvalue weighted by atomic mass is 10.0. The Morgan fingerprint density at radius 3 is 2.32 bits per heavy atom. The number of amides is 1. The molecule has 0 aliphatic heterocycles. The molecule has 1 atom stereocenters. The number of carbonyl (C=O) groups is 2. The summed E-state index contributed by atoms with van der Waals surface area (Å²) < 4.78 is 0. The molecule has 6 heteroatoms. The molecule has 0 bridgehead atoms. The first-order chi connectivity index (χ1) is 8.90. The fourth-order valence-corrected chi connectivity index (χ4v) is 1.79. The number of aliphatic carboxylic acids is 1. The molecule has 0 aliphatic rings. The highest BCUT2D eigenvalue weighted by atomic mass is 16.4. The molecule has 0 aromatic carbocycles. The zero-order valence-corrected chi connectivity index (χ0v) is 12.1. The molecule has 0 spiro atoms. The van der Waals surface area contributed by atoms with Crippen molar-refractivity contribution in [1.29, 1.82) is 0 Å². The number of carbonyl (C=O) groups excluding carboxylic acids is 1. The molecule has 1 unspecified atom stereocenters. The number of hydrogen-bond donors (Lipinski definition) is 3. The number of hydrogen-bond acceptors (Lipinski definition) is 4. The van der Waals surface area contributed by atoms with Gasteiger partial charge in [-0.3, -0.25) is 4.79 Å². The third kappa shape index (κ3) is 8.56. The van der Waals surface area contributed by atoms with Crippen LogP contribution in [-0.4, -0.2) is 59.3 Å². The van der Waals surface area contributed by atoms with Crippen molar-refractivity contribution in [2.45, 2.75) is 39.7 Å². The van der Waals surface area contributed by atoms with Gasteiger partial charge in [-0.2, -0.15) is 0 Å². The van der Waals surface area contributed by atoms with Crippen LogP contribution in [0.5, 0.6) is 0 Å². The van der Waals surface area contributed by atoms with E-state index < -0.39 is 12.0 Å². The normalized spacial score (nSPS) is 12.7. The number of likely N-dealkylation sites (N-methyl/N-ethyl adjacent to an activating group) is 1. The Morgan fingerprint density at radius 2 is 1.89 bits per heavy atom. The topological polar surface area (TPSA) is 89.9 Å². The summed E-state index contributed by atoms with van der Waals surface area (Å²) in [6, 6.07) is -0.819. The van der Waals surface area contributed by atoms with Crippen molar-refractivity contribution in [3.8, 4) is 0 Å². The number of carboxylic acid groups (broad SMARTS) is 1. The van der Waals surface area contributed by atoms with E-state index >= 15 is 0 Å². The second-order valence-corrected chi connectivity index (χ2v) is 5.00. The summed E-state index contributed by atoms with van der Waals surface area (Å²) in [6.07, 6.45) is 0.672. The first kappa shape index (κ1) is 17.9. The van der Waals surface area contributed by atoms with Crippen molar-refractivity contribution in [3.63, 3.8) is 0 Å². The molecule has 0 radical (unpaired) electrons. The molecule has 0 aromatic heterocycles. The standard InChI is InChI=1S/C13H26N2O4/c1-4-15(7-8-16)6-5-12(17)14-11(13(18)19)9-10(2)3/h10-11,16H,4-9H2,1-3H3,(H,14,17)(H,18,19). The Kier molecular flexibility index (Phi) is 9.16. The lowest BCUT2D eigenvalue weighted by molar-refractivity contribution is -0.142. The van der Waals surface area contributed by atoms with Crippen molar-refractivity contribution in [2.75, 3.05) is 26.2 Å². The molecule has 3 N–H and O–H groups in total. The summed E-state index contributed by atoms with van der Waals surface area (Å²) in [5.74, 6) is -1.04. The Labute approximate surface area is 114 Å². The van der Waals surface area contributed by atoms with Gasteiger partial charge in [0.05, 0.1) is 6.61 Å². The van der Waals surface area contributed by atoms with Gasteiger partial charge < -0.3 is 20.4 Å². The van der Waals surface area contributed by atoms with Gasteiger partial charge >= 0.3 is 5.97 Å². The number of aliphatic hydroxyl groups is 1. The number of nitrogens with one attached hydrogen (secondary N) is 1. The molecular weight excluding hydrogens is 248 g/mol. The van der Waals surface area contributed by atoms with Crippen LogP contribution in [-0.2, 0) is 9.59 Å². The van der Waals surface area contributed by atoms with Crippen LogP contribution < -0.4 is 5.32 Å². The molecule has 0 rings (SSSR count). The SMILES string of the molecule is CCN(CCO)CCC(=O)NC(CC(C)C)C(=O)O. The van der Waals surface area contributed by atoms with Crippen LogP contribution in [0.2, 0.25) is 0 Å². The van der Waals surface area contributed by atoms with Crippen LogP contribution >= 0.6 is 0 Å². The maximum atomic E-state index is 11.7. The minimum Gasteiger partial charge on any atom is -0.480 e. The smallest absolute Gasteiger partial charge is 0.326 e. The predicted octanol–water partition coefficient (Wildman–Crippen LogP) is 0.306. The molecule has 112 valence electrons. The van der Waals surface area contributed by atoms with Crippen molar-refractivity contribution in [3.05, 3.63) is 0 Å². The quantitative estimate of drug-likeness (QED) is 0.533. The van der Waals surface area contributed by atoms with Crippen LogP contribution in [0.15, 0.2) is 0 Å².